The first-order chi connectivity index (χ1) is 12.6. The predicted octanol–water partition coefficient (Wildman–Crippen LogP) is 1.23. The molecule has 1 heterocycles. The summed E-state index contributed by atoms with van der Waals surface area (Å²) in [6, 6.07) is 19.2. The maximum Gasteiger partial charge on any atom is 0.184 e. The molecule has 26 heavy (non-hydrogen) atoms. The summed E-state index contributed by atoms with van der Waals surface area (Å²) in [6.45, 7) is 0.750. The van der Waals surface area contributed by atoms with Crippen molar-refractivity contribution in [1.82, 2.24) is 0 Å². The quantitative estimate of drug-likeness (QED) is 0.688. The summed E-state index contributed by atoms with van der Waals surface area (Å²) in [6.07, 6.45) is -5.69. The van der Waals surface area contributed by atoms with Crippen molar-refractivity contribution >= 4 is 0 Å². The van der Waals surface area contributed by atoms with Crippen molar-refractivity contribution in [2.24, 2.45) is 0 Å². The first kappa shape index (κ1) is 19.0. The molecule has 0 spiro atoms. The van der Waals surface area contributed by atoms with Crippen LogP contribution in [0.4, 0.5) is 0 Å². The Morgan fingerprint density at radius 2 is 1.35 bits per heavy atom. The van der Waals surface area contributed by atoms with Gasteiger partial charge in [-0.05, 0) is 11.1 Å². The van der Waals surface area contributed by atoms with Crippen LogP contribution in [0.2, 0.25) is 0 Å². The van der Waals surface area contributed by atoms with Crippen molar-refractivity contribution in [1.29, 1.82) is 0 Å². The number of hydrogen-bond donors (Lipinski definition) is 3. The van der Waals surface area contributed by atoms with Crippen LogP contribution in [0.1, 0.15) is 11.1 Å². The molecule has 3 rings (SSSR count). The van der Waals surface area contributed by atoms with E-state index in [-0.39, 0.29) is 13.2 Å². The van der Waals surface area contributed by atoms with Crippen molar-refractivity contribution in [3.8, 4) is 0 Å². The van der Waals surface area contributed by atoms with Crippen LogP contribution in [0, 0.1) is 0 Å². The van der Waals surface area contributed by atoms with E-state index in [1.54, 1.807) is 0 Å². The van der Waals surface area contributed by atoms with Crippen molar-refractivity contribution in [2.45, 2.75) is 43.9 Å². The minimum absolute atomic E-state index is 0.120. The fraction of sp³-hybridized carbons (Fsp3) is 0.400. The normalized spacial score (nSPS) is 28.8. The van der Waals surface area contributed by atoms with Gasteiger partial charge in [0.2, 0.25) is 0 Å². The first-order valence-electron chi connectivity index (χ1n) is 8.62. The number of aliphatic hydroxyl groups is 3. The maximum absolute atomic E-state index is 10.3. The molecule has 1 aliphatic heterocycles. The summed E-state index contributed by atoms with van der Waals surface area (Å²) in [4.78, 5) is 0. The molecule has 0 aliphatic carbocycles. The van der Waals surface area contributed by atoms with Gasteiger partial charge in [0.15, 0.2) is 6.29 Å². The topological polar surface area (TPSA) is 88.4 Å². The van der Waals surface area contributed by atoms with Gasteiger partial charge in [0.05, 0.1) is 19.8 Å². The van der Waals surface area contributed by atoms with Crippen molar-refractivity contribution < 1.29 is 29.5 Å². The lowest BCUT2D eigenvalue weighted by Gasteiger charge is -2.40. The van der Waals surface area contributed by atoms with E-state index in [9.17, 15) is 15.3 Å². The lowest BCUT2D eigenvalue weighted by atomic mass is 9.99. The van der Waals surface area contributed by atoms with Gasteiger partial charge in [-0.15, -0.1) is 0 Å². The Bertz CT molecular complexity index is 650. The monoisotopic (exact) mass is 360 g/mol. The predicted molar refractivity (Wildman–Crippen MR) is 94.0 cm³/mol. The number of aliphatic hydroxyl groups excluding tert-OH is 3. The summed E-state index contributed by atoms with van der Waals surface area (Å²) in [5, 5.41) is 30.0. The van der Waals surface area contributed by atoms with Gasteiger partial charge in [0, 0.05) is 0 Å². The van der Waals surface area contributed by atoms with E-state index in [2.05, 4.69) is 0 Å². The van der Waals surface area contributed by atoms with Crippen LogP contribution < -0.4 is 0 Å². The molecule has 0 unspecified atom stereocenters. The van der Waals surface area contributed by atoms with Crippen LogP contribution in [-0.2, 0) is 27.4 Å². The van der Waals surface area contributed by atoms with E-state index >= 15 is 0 Å². The zero-order chi connectivity index (χ0) is 18.4. The third-order valence-corrected chi connectivity index (χ3v) is 4.34. The number of rotatable bonds is 7. The Balaban J connectivity index is 1.59. The molecule has 3 N–H and O–H groups in total. The molecular weight excluding hydrogens is 336 g/mol. The molecule has 1 aliphatic rings. The van der Waals surface area contributed by atoms with Gasteiger partial charge < -0.3 is 29.5 Å². The van der Waals surface area contributed by atoms with E-state index in [1.165, 1.54) is 0 Å². The second-order valence-electron chi connectivity index (χ2n) is 6.31. The number of ether oxygens (including phenoxy) is 3. The van der Waals surface area contributed by atoms with E-state index in [4.69, 9.17) is 14.2 Å². The lowest BCUT2D eigenvalue weighted by Crippen LogP contribution is -2.59. The summed E-state index contributed by atoms with van der Waals surface area (Å²) in [5.74, 6) is 0. The molecule has 0 saturated carbocycles. The maximum atomic E-state index is 10.3. The Morgan fingerprint density at radius 3 is 1.96 bits per heavy atom. The minimum atomic E-state index is -1.48. The SMILES string of the molecule is O[C@@H]1[C@@H](O)[C@@H](O)O[C@H](COCc2ccccc2)[C@@H]1OCc1ccccc1. The lowest BCUT2D eigenvalue weighted by molar-refractivity contribution is -0.298. The fourth-order valence-corrected chi connectivity index (χ4v) is 2.89. The van der Waals surface area contributed by atoms with Crippen molar-refractivity contribution in [3.63, 3.8) is 0 Å². The smallest absolute Gasteiger partial charge is 0.184 e. The fourth-order valence-electron chi connectivity index (χ4n) is 2.89. The van der Waals surface area contributed by atoms with Crippen LogP contribution in [0.5, 0.6) is 0 Å². The molecule has 0 bridgehead atoms. The van der Waals surface area contributed by atoms with E-state index in [0.29, 0.717) is 6.61 Å². The highest BCUT2D eigenvalue weighted by molar-refractivity contribution is 5.14. The third kappa shape index (κ3) is 4.88. The molecule has 2 aromatic carbocycles. The molecule has 6 nitrogen and oxygen atoms in total. The van der Waals surface area contributed by atoms with E-state index in [1.807, 2.05) is 60.7 Å². The summed E-state index contributed by atoms with van der Waals surface area (Å²) in [5.41, 5.74) is 1.94. The van der Waals surface area contributed by atoms with Gasteiger partial charge in [-0.3, -0.25) is 0 Å². The zero-order valence-electron chi connectivity index (χ0n) is 14.3. The molecular formula is C20H24O6. The highest BCUT2D eigenvalue weighted by atomic mass is 16.7. The van der Waals surface area contributed by atoms with Crippen LogP contribution in [-0.4, -0.2) is 52.6 Å². The van der Waals surface area contributed by atoms with Crippen molar-refractivity contribution in [2.75, 3.05) is 6.61 Å². The average molecular weight is 360 g/mol. The second-order valence-corrected chi connectivity index (χ2v) is 6.31. The third-order valence-electron chi connectivity index (χ3n) is 4.34. The molecule has 6 heteroatoms. The highest BCUT2D eigenvalue weighted by Gasteiger charge is 2.44. The minimum Gasteiger partial charge on any atom is -0.387 e. The molecule has 0 amide bonds. The van der Waals surface area contributed by atoms with Crippen LogP contribution in [0.25, 0.3) is 0 Å². The second kappa shape index (κ2) is 9.23. The Kier molecular flexibility index (Phi) is 6.73. The van der Waals surface area contributed by atoms with Crippen LogP contribution in [0.15, 0.2) is 60.7 Å². The van der Waals surface area contributed by atoms with Crippen molar-refractivity contribution in [3.05, 3.63) is 71.8 Å². The Hall–Kier alpha value is -1.80. The molecule has 140 valence electrons. The van der Waals surface area contributed by atoms with E-state index in [0.717, 1.165) is 11.1 Å². The number of benzene rings is 2. The van der Waals surface area contributed by atoms with Crippen LogP contribution in [0.3, 0.4) is 0 Å². The summed E-state index contributed by atoms with van der Waals surface area (Å²) < 4.78 is 16.9. The van der Waals surface area contributed by atoms with Gasteiger partial charge in [-0.1, -0.05) is 60.7 Å². The first-order valence-corrected chi connectivity index (χ1v) is 8.62. The van der Waals surface area contributed by atoms with Gasteiger partial charge in [0.25, 0.3) is 0 Å². The molecule has 2 aromatic rings. The molecule has 1 fully saturated rings. The van der Waals surface area contributed by atoms with Gasteiger partial charge in [-0.2, -0.15) is 0 Å². The molecule has 0 aromatic heterocycles. The standard InChI is InChI=1S/C20H24O6/c21-17-18(22)20(23)26-16(13-24-11-14-7-3-1-4-8-14)19(17)25-12-15-9-5-2-6-10-15/h1-10,16-23H,11-13H2/t16-,17-,18-,19+,20+/m1/s1. The molecule has 5 atom stereocenters. The summed E-state index contributed by atoms with van der Waals surface area (Å²) in [7, 11) is 0. The molecule has 1 saturated heterocycles. The highest BCUT2D eigenvalue weighted by Crippen LogP contribution is 2.24. The van der Waals surface area contributed by atoms with Gasteiger partial charge >= 0.3 is 0 Å². The Morgan fingerprint density at radius 1 is 0.769 bits per heavy atom. The zero-order valence-corrected chi connectivity index (χ0v) is 14.3. The average Bonchev–Trinajstić information content (AvgIpc) is 2.67. The summed E-state index contributed by atoms with van der Waals surface area (Å²) >= 11 is 0. The van der Waals surface area contributed by atoms with Crippen LogP contribution >= 0.6 is 0 Å². The largest absolute Gasteiger partial charge is 0.387 e. The molecule has 0 radical (unpaired) electrons. The van der Waals surface area contributed by atoms with Gasteiger partial charge in [-0.25, -0.2) is 0 Å². The van der Waals surface area contributed by atoms with E-state index < -0.39 is 30.7 Å². The number of hydrogen-bond acceptors (Lipinski definition) is 6. The Labute approximate surface area is 152 Å². The van der Waals surface area contributed by atoms with Gasteiger partial charge in [0.1, 0.15) is 24.4 Å².